The number of benzene rings is 2. The highest BCUT2D eigenvalue weighted by Gasteiger charge is 2.27. The molecule has 28 heavy (non-hydrogen) atoms. The standard InChI is InChI=1S/C20H25ClN2O4S/c1-3-13-22-20(24)15-23(14-16-7-5-6-8-19(16)21)28(25,26)18-11-9-17(10-12-18)27-4-2/h5-12H,3-4,13-15H2,1-2H3,(H,22,24). The normalized spacial score (nSPS) is 11.4. The lowest BCUT2D eigenvalue weighted by atomic mass is 10.2. The fourth-order valence-electron chi connectivity index (χ4n) is 2.55. The molecule has 1 N–H and O–H groups in total. The van der Waals surface area contributed by atoms with E-state index in [0.29, 0.717) is 29.5 Å². The first kappa shape index (κ1) is 22.2. The molecule has 0 aliphatic rings. The number of ether oxygens (including phenoxy) is 1. The van der Waals surface area contributed by atoms with Gasteiger partial charge in [-0.25, -0.2) is 8.42 Å². The Hall–Kier alpha value is -2.09. The van der Waals surface area contributed by atoms with Crippen molar-refractivity contribution in [1.82, 2.24) is 9.62 Å². The number of carbonyl (C=O) groups excluding carboxylic acids is 1. The molecule has 0 aliphatic heterocycles. The van der Waals surface area contributed by atoms with Gasteiger partial charge in [-0.05, 0) is 49.2 Å². The fraction of sp³-hybridized carbons (Fsp3) is 0.350. The minimum absolute atomic E-state index is 0.00520. The second kappa shape index (κ2) is 10.5. The Morgan fingerprint density at radius 2 is 1.79 bits per heavy atom. The highest BCUT2D eigenvalue weighted by Crippen LogP contribution is 2.24. The van der Waals surface area contributed by atoms with Gasteiger partial charge in [0, 0.05) is 18.1 Å². The van der Waals surface area contributed by atoms with Crippen LogP contribution in [-0.4, -0.2) is 38.3 Å². The van der Waals surface area contributed by atoms with Gasteiger partial charge in [0.15, 0.2) is 0 Å². The molecule has 2 rings (SSSR count). The molecule has 0 heterocycles. The molecule has 0 radical (unpaired) electrons. The van der Waals surface area contributed by atoms with Crippen LogP contribution in [0, 0.1) is 0 Å². The molecule has 1 amide bonds. The average Bonchev–Trinajstić information content (AvgIpc) is 2.68. The minimum atomic E-state index is -3.91. The zero-order chi connectivity index (χ0) is 20.6. The Morgan fingerprint density at radius 1 is 1.11 bits per heavy atom. The van der Waals surface area contributed by atoms with Crippen molar-refractivity contribution in [3.05, 3.63) is 59.1 Å². The van der Waals surface area contributed by atoms with E-state index in [1.807, 2.05) is 13.8 Å². The quantitative estimate of drug-likeness (QED) is 0.633. The van der Waals surface area contributed by atoms with Gasteiger partial charge in [0.25, 0.3) is 0 Å². The lowest BCUT2D eigenvalue weighted by Crippen LogP contribution is -2.40. The second-order valence-corrected chi connectivity index (χ2v) is 8.46. The lowest BCUT2D eigenvalue weighted by Gasteiger charge is -2.22. The second-order valence-electron chi connectivity index (χ2n) is 6.12. The van der Waals surface area contributed by atoms with E-state index in [9.17, 15) is 13.2 Å². The van der Waals surface area contributed by atoms with Crippen molar-refractivity contribution in [2.45, 2.75) is 31.7 Å². The number of halogens is 1. The Balaban J connectivity index is 2.32. The van der Waals surface area contributed by atoms with Crippen molar-refractivity contribution in [3.63, 3.8) is 0 Å². The van der Waals surface area contributed by atoms with Crippen molar-refractivity contribution in [3.8, 4) is 5.75 Å². The van der Waals surface area contributed by atoms with E-state index >= 15 is 0 Å². The van der Waals surface area contributed by atoms with Gasteiger partial charge < -0.3 is 10.1 Å². The van der Waals surface area contributed by atoms with Crippen LogP contribution in [0.1, 0.15) is 25.8 Å². The molecule has 2 aromatic rings. The molecule has 0 aromatic heterocycles. The third-order valence-electron chi connectivity index (χ3n) is 3.97. The summed E-state index contributed by atoms with van der Waals surface area (Å²) >= 11 is 6.20. The van der Waals surface area contributed by atoms with Crippen LogP contribution in [0.4, 0.5) is 0 Å². The van der Waals surface area contributed by atoms with Crippen molar-refractivity contribution >= 4 is 27.5 Å². The Morgan fingerprint density at radius 3 is 2.39 bits per heavy atom. The van der Waals surface area contributed by atoms with E-state index in [1.54, 1.807) is 36.4 Å². The zero-order valence-corrected chi connectivity index (χ0v) is 17.6. The monoisotopic (exact) mass is 424 g/mol. The summed E-state index contributed by atoms with van der Waals surface area (Å²) in [5.41, 5.74) is 0.627. The van der Waals surface area contributed by atoms with Gasteiger partial charge in [0.05, 0.1) is 18.0 Å². The predicted octanol–water partition coefficient (Wildman–Crippen LogP) is 3.46. The topological polar surface area (TPSA) is 75.7 Å². The van der Waals surface area contributed by atoms with Gasteiger partial charge in [-0.1, -0.05) is 36.7 Å². The first-order valence-electron chi connectivity index (χ1n) is 9.11. The molecule has 0 atom stereocenters. The van der Waals surface area contributed by atoms with Crippen LogP contribution in [0.3, 0.4) is 0 Å². The summed E-state index contributed by atoms with van der Waals surface area (Å²) in [5, 5.41) is 3.16. The summed E-state index contributed by atoms with van der Waals surface area (Å²) in [6.45, 7) is 4.46. The van der Waals surface area contributed by atoms with Crippen molar-refractivity contribution in [1.29, 1.82) is 0 Å². The third kappa shape index (κ3) is 5.95. The average molecular weight is 425 g/mol. The lowest BCUT2D eigenvalue weighted by molar-refractivity contribution is -0.121. The van der Waals surface area contributed by atoms with E-state index in [-0.39, 0.29) is 23.9 Å². The summed E-state index contributed by atoms with van der Waals surface area (Å²) in [4.78, 5) is 12.3. The molecule has 0 spiro atoms. The van der Waals surface area contributed by atoms with Crippen molar-refractivity contribution in [2.75, 3.05) is 19.7 Å². The maximum Gasteiger partial charge on any atom is 0.243 e. The smallest absolute Gasteiger partial charge is 0.243 e. The molecular formula is C20H25ClN2O4S. The number of hydrogen-bond donors (Lipinski definition) is 1. The Bertz CT molecular complexity index is 885. The fourth-order valence-corrected chi connectivity index (χ4v) is 4.12. The van der Waals surface area contributed by atoms with Crippen LogP contribution < -0.4 is 10.1 Å². The minimum Gasteiger partial charge on any atom is -0.494 e. The molecule has 8 heteroatoms. The van der Waals surface area contributed by atoms with Gasteiger partial charge in [-0.3, -0.25) is 4.79 Å². The largest absolute Gasteiger partial charge is 0.494 e. The number of nitrogens with zero attached hydrogens (tertiary/aromatic N) is 1. The van der Waals surface area contributed by atoms with E-state index in [1.165, 1.54) is 12.1 Å². The summed E-state index contributed by atoms with van der Waals surface area (Å²) in [6, 6.07) is 13.1. The van der Waals surface area contributed by atoms with E-state index in [0.717, 1.165) is 10.7 Å². The van der Waals surface area contributed by atoms with Crippen molar-refractivity contribution < 1.29 is 17.9 Å². The number of sulfonamides is 1. The van der Waals surface area contributed by atoms with Gasteiger partial charge in [0.1, 0.15) is 5.75 Å². The van der Waals surface area contributed by atoms with Gasteiger partial charge >= 0.3 is 0 Å². The molecule has 6 nitrogen and oxygen atoms in total. The number of nitrogens with one attached hydrogen (secondary N) is 1. The highest BCUT2D eigenvalue weighted by atomic mass is 35.5. The first-order valence-corrected chi connectivity index (χ1v) is 10.9. The van der Waals surface area contributed by atoms with Crippen LogP contribution in [-0.2, 0) is 21.4 Å². The van der Waals surface area contributed by atoms with E-state index in [2.05, 4.69) is 5.32 Å². The summed E-state index contributed by atoms with van der Waals surface area (Å²) in [5.74, 6) is 0.225. The molecule has 0 aliphatic carbocycles. The zero-order valence-electron chi connectivity index (χ0n) is 16.0. The highest BCUT2D eigenvalue weighted by molar-refractivity contribution is 7.89. The van der Waals surface area contributed by atoms with Crippen LogP contribution in [0.25, 0.3) is 0 Å². The van der Waals surface area contributed by atoms with Crippen LogP contribution >= 0.6 is 11.6 Å². The first-order chi connectivity index (χ1) is 13.4. The Kier molecular flexibility index (Phi) is 8.29. The summed E-state index contributed by atoms with van der Waals surface area (Å²) in [7, 11) is -3.91. The van der Waals surface area contributed by atoms with Gasteiger partial charge in [-0.2, -0.15) is 4.31 Å². The number of amides is 1. The van der Waals surface area contributed by atoms with Crippen molar-refractivity contribution in [2.24, 2.45) is 0 Å². The van der Waals surface area contributed by atoms with E-state index < -0.39 is 10.0 Å². The van der Waals surface area contributed by atoms with Crippen LogP contribution in [0.15, 0.2) is 53.4 Å². The maximum atomic E-state index is 13.2. The number of rotatable bonds is 10. The van der Waals surface area contributed by atoms with E-state index in [4.69, 9.17) is 16.3 Å². The Labute approximate surface area is 171 Å². The van der Waals surface area contributed by atoms with Gasteiger partial charge in [-0.15, -0.1) is 0 Å². The number of hydrogen-bond acceptors (Lipinski definition) is 4. The summed E-state index contributed by atoms with van der Waals surface area (Å²) in [6.07, 6.45) is 0.766. The SMILES string of the molecule is CCCNC(=O)CN(Cc1ccccc1Cl)S(=O)(=O)c1ccc(OCC)cc1. The molecule has 0 fully saturated rings. The molecule has 0 saturated carbocycles. The molecular weight excluding hydrogens is 400 g/mol. The summed E-state index contributed by atoms with van der Waals surface area (Å²) < 4.78 is 32.9. The molecule has 0 unspecified atom stereocenters. The van der Waals surface area contributed by atoms with Crippen LogP contribution in [0.5, 0.6) is 5.75 Å². The maximum absolute atomic E-state index is 13.2. The van der Waals surface area contributed by atoms with Crippen LogP contribution in [0.2, 0.25) is 5.02 Å². The predicted molar refractivity (Wildman–Crippen MR) is 110 cm³/mol. The molecule has 0 saturated heterocycles. The molecule has 152 valence electrons. The number of carbonyl (C=O) groups is 1. The van der Waals surface area contributed by atoms with Gasteiger partial charge in [0.2, 0.25) is 15.9 Å². The molecule has 0 bridgehead atoms. The molecule has 2 aromatic carbocycles. The third-order valence-corrected chi connectivity index (χ3v) is 6.14.